The van der Waals surface area contributed by atoms with E-state index in [2.05, 4.69) is 0 Å². The summed E-state index contributed by atoms with van der Waals surface area (Å²) in [6, 6.07) is 25.5. The van der Waals surface area contributed by atoms with Crippen molar-refractivity contribution in [3.8, 4) is 34.0 Å². The van der Waals surface area contributed by atoms with E-state index in [0.29, 0.717) is 21.0 Å². The van der Waals surface area contributed by atoms with Gasteiger partial charge in [0.15, 0.2) is 16.5 Å². The zero-order chi connectivity index (χ0) is 22.1. The second-order valence-corrected chi connectivity index (χ2v) is 8.20. The Bertz CT molecular complexity index is 1510. The Morgan fingerprint density at radius 3 is 2.16 bits per heavy atom. The SMILES string of the molecule is COc1ccc(/C=c2/sc3nc(-c4ccccc4)c(-c4ccccc4)n3c2=O)cc1OC. The van der Waals surface area contributed by atoms with Crippen molar-refractivity contribution in [2.24, 2.45) is 0 Å². The molecular formula is C26H20N2O3S. The van der Waals surface area contributed by atoms with Gasteiger partial charge in [0.25, 0.3) is 5.56 Å². The van der Waals surface area contributed by atoms with Crippen LogP contribution < -0.4 is 19.6 Å². The van der Waals surface area contributed by atoms with E-state index in [4.69, 9.17) is 14.5 Å². The maximum atomic E-state index is 13.5. The molecule has 0 saturated carbocycles. The molecule has 5 aromatic rings. The van der Waals surface area contributed by atoms with Crippen molar-refractivity contribution in [2.75, 3.05) is 14.2 Å². The predicted molar refractivity (Wildman–Crippen MR) is 129 cm³/mol. The van der Waals surface area contributed by atoms with Gasteiger partial charge in [0.1, 0.15) is 0 Å². The highest BCUT2D eigenvalue weighted by Gasteiger charge is 2.19. The highest BCUT2D eigenvalue weighted by Crippen LogP contribution is 2.32. The Kier molecular flexibility index (Phi) is 5.21. The Morgan fingerprint density at radius 1 is 0.844 bits per heavy atom. The van der Waals surface area contributed by atoms with Crippen molar-refractivity contribution >= 4 is 22.4 Å². The smallest absolute Gasteiger partial charge is 0.274 e. The number of benzene rings is 3. The fourth-order valence-corrected chi connectivity index (χ4v) is 4.73. The minimum absolute atomic E-state index is 0.0895. The van der Waals surface area contributed by atoms with E-state index in [1.165, 1.54) is 11.3 Å². The average molecular weight is 441 g/mol. The minimum Gasteiger partial charge on any atom is -0.493 e. The number of hydrogen-bond acceptors (Lipinski definition) is 5. The molecule has 2 heterocycles. The van der Waals surface area contributed by atoms with Crippen LogP contribution in [-0.4, -0.2) is 23.6 Å². The van der Waals surface area contributed by atoms with Crippen molar-refractivity contribution in [2.45, 2.75) is 0 Å². The summed E-state index contributed by atoms with van der Waals surface area (Å²) in [7, 11) is 3.19. The second kappa shape index (κ2) is 8.32. The van der Waals surface area contributed by atoms with Crippen molar-refractivity contribution in [3.63, 3.8) is 0 Å². The predicted octanol–water partition coefficient (Wildman–Crippen LogP) is 4.65. The molecule has 0 fully saturated rings. The molecule has 0 N–H and O–H groups in total. The van der Waals surface area contributed by atoms with Crippen LogP contribution in [-0.2, 0) is 0 Å². The molecule has 0 amide bonds. The van der Waals surface area contributed by atoms with Crippen LogP contribution in [0.25, 0.3) is 33.6 Å². The van der Waals surface area contributed by atoms with Gasteiger partial charge in [-0.15, -0.1) is 0 Å². The van der Waals surface area contributed by atoms with Gasteiger partial charge in [-0.05, 0) is 23.8 Å². The summed E-state index contributed by atoms with van der Waals surface area (Å²) in [5, 5.41) is 0. The summed E-state index contributed by atoms with van der Waals surface area (Å²) in [5.74, 6) is 1.26. The molecule has 158 valence electrons. The zero-order valence-electron chi connectivity index (χ0n) is 17.6. The van der Waals surface area contributed by atoms with Gasteiger partial charge in [0.2, 0.25) is 0 Å². The normalized spacial score (nSPS) is 11.8. The van der Waals surface area contributed by atoms with Crippen molar-refractivity contribution in [3.05, 3.63) is 99.3 Å². The fourth-order valence-electron chi connectivity index (χ4n) is 3.75. The largest absolute Gasteiger partial charge is 0.493 e. The second-order valence-electron chi connectivity index (χ2n) is 7.19. The average Bonchev–Trinajstić information content (AvgIpc) is 3.36. The molecule has 5 rings (SSSR count). The van der Waals surface area contributed by atoms with Crippen molar-refractivity contribution in [1.29, 1.82) is 0 Å². The van der Waals surface area contributed by atoms with Gasteiger partial charge in [-0.2, -0.15) is 0 Å². The van der Waals surface area contributed by atoms with Crippen molar-refractivity contribution < 1.29 is 9.47 Å². The molecule has 0 aliphatic carbocycles. The molecule has 0 saturated heterocycles. The van der Waals surface area contributed by atoms with E-state index in [9.17, 15) is 4.79 Å². The Morgan fingerprint density at radius 2 is 1.50 bits per heavy atom. The third-order valence-corrected chi connectivity index (χ3v) is 6.23. The lowest BCUT2D eigenvalue weighted by atomic mass is 10.1. The minimum atomic E-state index is -0.0895. The van der Waals surface area contributed by atoms with Crippen LogP contribution in [0.1, 0.15) is 5.56 Å². The van der Waals surface area contributed by atoms with Crippen LogP contribution in [0.5, 0.6) is 11.5 Å². The summed E-state index contributed by atoms with van der Waals surface area (Å²) in [6.45, 7) is 0. The standard InChI is InChI=1S/C26H20N2O3S/c1-30-20-14-13-17(15-21(20)31-2)16-22-25(29)28-24(19-11-7-4-8-12-19)23(27-26(28)32-22)18-9-5-3-6-10-18/h3-16H,1-2H3/b22-16+. The van der Waals surface area contributed by atoms with E-state index in [0.717, 1.165) is 28.1 Å². The maximum Gasteiger partial charge on any atom is 0.274 e. The molecule has 3 aromatic carbocycles. The van der Waals surface area contributed by atoms with Gasteiger partial charge in [0.05, 0.1) is 30.1 Å². The van der Waals surface area contributed by atoms with E-state index in [-0.39, 0.29) is 5.56 Å². The van der Waals surface area contributed by atoms with E-state index in [1.807, 2.05) is 84.9 Å². The molecule has 5 nitrogen and oxygen atoms in total. The van der Waals surface area contributed by atoms with Gasteiger partial charge in [0, 0.05) is 11.1 Å². The molecule has 2 aromatic heterocycles. The van der Waals surface area contributed by atoms with Crippen LogP contribution in [0.3, 0.4) is 0 Å². The molecule has 0 radical (unpaired) electrons. The van der Waals surface area contributed by atoms with E-state index >= 15 is 0 Å². The first kappa shape index (κ1) is 20.0. The number of fused-ring (bicyclic) bond motifs is 1. The van der Waals surface area contributed by atoms with E-state index < -0.39 is 0 Å². The number of thiazole rings is 1. The molecule has 0 bridgehead atoms. The van der Waals surface area contributed by atoms with Crippen LogP contribution in [0.4, 0.5) is 0 Å². The lowest BCUT2D eigenvalue weighted by molar-refractivity contribution is 0.355. The lowest BCUT2D eigenvalue weighted by Crippen LogP contribution is -2.23. The zero-order valence-corrected chi connectivity index (χ0v) is 18.4. The number of rotatable bonds is 5. The summed E-state index contributed by atoms with van der Waals surface area (Å²) in [6.07, 6.45) is 1.86. The summed E-state index contributed by atoms with van der Waals surface area (Å²) in [4.78, 5) is 19.0. The number of aromatic nitrogens is 2. The van der Waals surface area contributed by atoms with Crippen LogP contribution >= 0.6 is 11.3 Å². The molecule has 0 spiro atoms. The Balaban J connectivity index is 1.74. The molecule has 6 heteroatoms. The first-order valence-electron chi connectivity index (χ1n) is 10.1. The summed E-state index contributed by atoms with van der Waals surface area (Å²) >= 11 is 1.38. The van der Waals surface area contributed by atoms with E-state index in [1.54, 1.807) is 18.6 Å². The van der Waals surface area contributed by atoms with Crippen LogP contribution in [0.2, 0.25) is 0 Å². The van der Waals surface area contributed by atoms with Crippen LogP contribution in [0.15, 0.2) is 83.7 Å². The number of ether oxygens (including phenoxy) is 2. The highest BCUT2D eigenvalue weighted by molar-refractivity contribution is 7.15. The maximum absolute atomic E-state index is 13.5. The van der Waals surface area contributed by atoms with Gasteiger partial charge >= 0.3 is 0 Å². The van der Waals surface area contributed by atoms with Gasteiger partial charge in [-0.3, -0.25) is 4.79 Å². The van der Waals surface area contributed by atoms with Crippen LogP contribution in [0, 0.1) is 0 Å². The van der Waals surface area contributed by atoms with Gasteiger partial charge in [-0.25, -0.2) is 9.38 Å². The fraction of sp³-hybridized carbons (Fsp3) is 0.0769. The Hall–Kier alpha value is -3.90. The third-order valence-electron chi connectivity index (χ3n) is 5.26. The Labute approximate surface area is 188 Å². The lowest BCUT2D eigenvalue weighted by Gasteiger charge is -2.07. The highest BCUT2D eigenvalue weighted by atomic mass is 32.1. The molecule has 32 heavy (non-hydrogen) atoms. The molecule has 0 aliphatic heterocycles. The number of methoxy groups -OCH3 is 2. The first-order valence-corrected chi connectivity index (χ1v) is 10.9. The summed E-state index contributed by atoms with van der Waals surface area (Å²) in [5.41, 5.74) is 4.30. The molecular weight excluding hydrogens is 420 g/mol. The number of imidazole rings is 1. The summed E-state index contributed by atoms with van der Waals surface area (Å²) < 4.78 is 13.0. The quantitative estimate of drug-likeness (QED) is 0.399. The molecule has 0 aliphatic rings. The van der Waals surface area contributed by atoms with Gasteiger partial charge in [-0.1, -0.05) is 78.1 Å². The first-order chi connectivity index (χ1) is 15.7. The topological polar surface area (TPSA) is 52.8 Å². The van der Waals surface area contributed by atoms with Crippen molar-refractivity contribution in [1.82, 2.24) is 9.38 Å². The number of hydrogen-bond donors (Lipinski definition) is 0. The number of nitrogens with zero attached hydrogens (tertiary/aromatic N) is 2. The monoisotopic (exact) mass is 440 g/mol. The third kappa shape index (κ3) is 3.44. The molecule has 0 atom stereocenters. The molecule has 0 unspecified atom stereocenters. The van der Waals surface area contributed by atoms with Gasteiger partial charge < -0.3 is 9.47 Å².